The lowest BCUT2D eigenvalue weighted by Crippen LogP contribution is -2.43. The van der Waals surface area contributed by atoms with Gasteiger partial charge in [0.05, 0.1) is 29.8 Å². The van der Waals surface area contributed by atoms with Gasteiger partial charge in [-0.05, 0) is 73.7 Å². The Hall–Kier alpha value is -3.55. The summed E-state index contributed by atoms with van der Waals surface area (Å²) in [6.45, 7) is 1.87. The van der Waals surface area contributed by atoms with Crippen molar-refractivity contribution in [3.05, 3.63) is 98.8 Å². The maximum absolute atomic E-state index is 14.7. The number of carbonyl (C=O) groups is 1. The fraction of sp³-hybridized carbons (Fsp3) is 0.303. The first kappa shape index (κ1) is 27.6. The van der Waals surface area contributed by atoms with E-state index in [9.17, 15) is 9.59 Å². The molecule has 1 amide bonds. The zero-order valence-electron chi connectivity index (χ0n) is 23.2. The van der Waals surface area contributed by atoms with Gasteiger partial charge >= 0.3 is 0 Å². The van der Waals surface area contributed by atoms with Gasteiger partial charge in [0.2, 0.25) is 5.91 Å². The normalized spacial score (nSPS) is 15.2. The number of benzene rings is 3. The molecule has 0 bridgehead atoms. The molecular formula is C33H32ClN3O3S. The van der Waals surface area contributed by atoms with Gasteiger partial charge in [0.25, 0.3) is 5.56 Å². The third kappa shape index (κ3) is 5.17. The molecule has 2 aliphatic carbocycles. The van der Waals surface area contributed by atoms with E-state index < -0.39 is 0 Å². The number of aromatic nitrogens is 2. The molecule has 6 rings (SSSR count). The zero-order chi connectivity index (χ0) is 28.6. The van der Waals surface area contributed by atoms with Crippen LogP contribution in [0.5, 0.6) is 5.75 Å². The highest BCUT2D eigenvalue weighted by Crippen LogP contribution is 2.49. The molecule has 3 aromatic carbocycles. The van der Waals surface area contributed by atoms with E-state index in [0.717, 1.165) is 54.5 Å². The number of carbonyl (C=O) groups excluding carboxylic acids is 1. The number of halogens is 1. The summed E-state index contributed by atoms with van der Waals surface area (Å²) in [4.78, 5) is 32.9. The molecule has 1 aromatic heterocycles. The molecular weight excluding hydrogens is 554 g/mol. The summed E-state index contributed by atoms with van der Waals surface area (Å²) >= 11 is 7.52. The Labute approximate surface area is 249 Å². The van der Waals surface area contributed by atoms with Crippen LogP contribution in [0.3, 0.4) is 0 Å². The molecule has 0 unspecified atom stereocenters. The second kappa shape index (κ2) is 11.4. The van der Waals surface area contributed by atoms with Crippen molar-refractivity contribution in [1.29, 1.82) is 0 Å². The summed E-state index contributed by atoms with van der Waals surface area (Å²) in [7, 11) is 1.62. The van der Waals surface area contributed by atoms with Gasteiger partial charge in [-0.15, -0.1) is 0 Å². The van der Waals surface area contributed by atoms with Gasteiger partial charge in [-0.1, -0.05) is 73.0 Å². The molecule has 1 fully saturated rings. The standard InChI is InChI=1S/C33H32ClN3O3S/c1-21-26(34)11-8-12-27(21)35-28(38)20-41-32-36-30-25-10-5-4-9-22(25)19-33(17-6-3-7-18-33)29(30)31(39)37(32)23-13-15-24(40-2)16-14-23/h4-5,8-16H,3,6-7,17-20H2,1-2H3,(H,35,38). The van der Waals surface area contributed by atoms with Gasteiger partial charge in [-0.3, -0.25) is 14.2 Å². The maximum atomic E-state index is 14.7. The average Bonchev–Trinajstić information content (AvgIpc) is 2.99. The highest BCUT2D eigenvalue weighted by Gasteiger charge is 2.43. The van der Waals surface area contributed by atoms with Gasteiger partial charge in [0.15, 0.2) is 5.16 Å². The summed E-state index contributed by atoms with van der Waals surface area (Å²) in [6, 6.07) is 21.2. The molecule has 41 heavy (non-hydrogen) atoms. The number of nitrogens with zero attached hydrogens (tertiary/aromatic N) is 2. The van der Waals surface area contributed by atoms with E-state index in [1.54, 1.807) is 17.7 Å². The van der Waals surface area contributed by atoms with E-state index >= 15 is 0 Å². The van der Waals surface area contributed by atoms with E-state index in [4.69, 9.17) is 21.3 Å². The Kier molecular flexibility index (Phi) is 7.66. The molecule has 0 aliphatic heterocycles. The number of anilines is 1. The monoisotopic (exact) mass is 585 g/mol. The van der Waals surface area contributed by atoms with Gasteiger partial charge < -0.3 is 10.1 Å². The van der Waals surface area contributed by atoms with Gasteiger partial charge in [-0.25, -0.2) is 4.98 Å². The molecule has 1 saturated carbocycles. The lowest BCUT2D eigenvalue weighted by Gasteiger charge is -2.42. The molecule has 210 valence electrons. The van der Waals surface area contributed by atoms with Crippen molar-refractivity contribution in [1.82, 2.24) is 9.55 Å². The second-order valence-corrected chi connectivity index (χ2v) is 12.2. The maximum Gasteiger partial charge on any atom is 0.263 e. The molecule has 2 aliphatic rings. The van der Waals surface area contributed by atoms with Crippen LogP contribution < -0.4 is 15.6 Å². The molecule has 8 heteroatoms. The van der Waals surface area contributed by atoms with Crippen molar-refractivity contribution >= 4 is 35.0 Å². The summed E-state index contributed by atoms with van der Waals surface area (Å²) in [6.07, 6.45) is 6.19. The van der Waals surface area contributed by atoms with Crippen molar-refractivity contribution in [2.45, 2.75) is 56.0 Å². The smallest absolute Gasteiger partial charge is 0.263 e. The highest BCUT2D eigenvalue weighted by molar-refractivity contribution is 7.99. The van der Waals surface area contributed by atoms with Crippen molar-refractivity contribution < 1.29 is 9.53 Å². The quantitative estimate of drug-likeness (QED) is 0.189. The van der Waals surface area contributed by atoms with E-state index in [1.165, 1.54) is 23.7 Å². The largest absolute Gasteiger partial charge is 0.497 e. The highest BCUT2D eigenvalue weighted by atomic mass is 35.5. The Morgan fingerprint density at radius 1 is 1.05 bits per heavy atom. The molecule has 4 aromatic rings. The molecule has 1 spiro atoms. The first-order valence-corrected chi connectivity index (χ1v) is 15.3. The van der Waals surface area contributed by atoms with Crippen LogP contribution in [0, 0.1) is 6.92 Å². The third-order valence-electron chi connectivity index (χ3n) is 8.40. The number of thioether (sulfide) groups is 1. The Balaban J connectivity index is 1.46. The number of rotatable bonds is 6. The van der Waals surface area contributed by atoms with E-state index in [2.05, 4.69) is 23.5 Å². The number of nitrogens with one attached hydrogen (secondary N) is 1. The van der Waals surface area contributed by atoms with Crippen molar-refractivity contribution in [2.24, 2.45) is 0 Å². The Morgan fingerprint density at radius 3 is 2.56 bits per heavy atom. The van der Waals surface area contributed by atoms with Gasteiger partial charge in [0, 0.05) is 21.7 Å². The van der Waals surface area contributed by atoms with Crippen molar-refractivity contribution in [2.75, 3.05) is 18.2 Å². The number of fused-ring (bicyclic) bond motifs is 4. The van der Waals surface area contributed by atoms with Gasteiger partial charge in [-0.2, -0.15) is 0 Å². The number of amides is 1. The number of ether oxygens (including phenoxy) is 1. The Bertz CT molecular complexity index is 1680. The molecule has 0 radical (unpaired) electrons. The van der Waals surface area contributed by atoms with Crippen LogP contribution in [0.1, 0.15) is 48.8 Å². The lowest BCUT2D eigenvalue weighted by atomic mass is 9.62. The van der Waals surface area contributed by atoms with Crippen LogP contribution in [0.4, 0.5) is 5.69 Å². The minimum atomic E-state index is -0.231. The van der Waals surface area contributed by atoms with Crippen molar-refractivity contribution in [3.8, 4) is 22.7 Å². The van der Waals surface area contributed by atoms with E-state index in [0.29, 0.717) is 27.3 Å². The number of hydrogen-bond acceptors (Lipinski definition) is 5. The van der Waals surface area contributed by atoms with Crippen LogP contribution in [0.25, 0.3) is 16.9 Å². The van der Waals surface area contributed by atoms with Gasteiger partial charge in [0.1, 0.15) is 5.75 Å². The fourth-order valence-corrected chi connectivity index (χ4v) is 7.28. The minimum Gasteiger partial charge on any atom is -0.497 e. The lowest BCUT2D eigenvalue weighted by molar-refractivity contribution is -0.113. The fourth-order valence-electron chi connectivity index (χ4n) is 6.30. The summed E-state index contributed by atoms with van der Waals surface area (Å²) in [5.41, 5.74) is 5.72. The zero-order valence-corrected chi connectivity index (χ0v) is 24.8. The minimum absolute atomic E-state index is 0.0508. The Morgan fingerprint density at radius 2 is 1.80 bits per heavy atom. The summed E-state index contributed by atoms with van der Waals surface area (Å²) in [5.74, 6) is 0.591. The first-order valence-electron chi connectivity index (χ1n) is 14.0. The first-order chi connectivity index (χ1) is 19.9. The number of methoxy groups -OCH3 is 1. The van der Waals surface area contributed by atoms with Crippen molar-refractivity contribution in [3.63, 3.8) is 0 Å². The number of hydrogen-bond donors (Lipinski definition) is 1. The molecule has 1 N–H and O–H groups in total. The van der Waals surface area contributed by atoms with E-state index in [1.807, 2.05) is 49.4 Å². The van der Waals surface area contributed by atoms with E-state index in [-0.39, 0.29) is 22.6 Å². The molecule has 6 nitrogen and oxygen atoms in total. The molecule has 0 atom stereocenters. The predicted molar refractivity (Wildman–Crippen MR) is 166 cm³/mol. The molecule has 1 heterocycles. The third-order valence-corrected chi connectivity index (χ3v) is 9.75. The van der Waals surface area contributed by atoms with Crippen LogP contribution in [0.15, 0.2) is 76.7 Å². The average molecular weight is 586 g/mol. The van der Waals surface area contributed by atoms with Crippen LogP contribution in [0.2, 0.25) is 5.02 Å². The molecule has 0 saturated heterocycles. The van der Waals surface area contributed by atoms with Crippen LogP contribution >= 0.6 is 23.4 Å². The predicted octanol–water partition coefficient (Wildman–Crippen LogP) is 7.36. The second-order valence-electron chi connectivity index (χ2n) is 10.9. The summed E-state index contributed by atoms with van der Waals surface area (Å²) in [5, 5.41) is 4.04. The SMILES string of the molecule is COc1ccc(-n2c(SCC(=O)Nc3cccc(Cl)c3C)nc3c(c2=O)C2(CCCCC2)Cc2ccccc2-3)cc1. The summed E-state index contributed by atoms with van der Waals surface area (Å²) < 4.78 is 7.05. The topological polar surface area (TPSA) is 73.2 Å². The van der Waals surface area contributed by atoms with Crippen LogP contribution in [-0.4, -0.2) is 28.3 Å². The van der Waals surface area contributed by atoms with Crippen LogP contribution in [-0.2, 0) is 16.6 Å².